The molecule has 0 radical (unpaired) electrons. The van der Waals surface area contributed by atoms with Gasteiger partial charge in [-0.1, -0.05) is 30.4 Å². The van der Waals surface area contributed by atoms with Gasteiger partial charge in [0.05, 0.1) is 12.5 Å². The minimum Gasteiger partial charge on any atom is -0.348 e. The minimum absolute atomic E-state index is 0.0386. The maximum atomic E-state index is 12.6. The molecule has 1 unspecified atom stereocenters. The van der Waals surface area contributed by atoms with Gasteiger partial charge >= 0.3 is 0 Å². The Hall–Kier alpha value is -2.54. The largest absolute Gasteiger partial charge is 0.348 e. The zero-order valence-corrected chi connectivity index (χ0v) is 16.5. The number of nitrogens with zero attached hydrogens (tertiary/aromatic N) is 3. The predicted octanol–water partition coefficient (Wildman–Crippen LogP) is 2.21. The molecule has 1 aromatic heterocycles. The van der Waals surface area contributed by atoms with Crippen LogP contribution in [0.4, 0.5) is 0 Å². The number of hydrogen-bond acceptors (Lipinski definition) is 5. The van der Waals surface area contributed by atoms with E-state index in [0.717, 1.165) is 10.6 Å². The SMILES string of the molecule is Cc1ccc(CC(=O)N2CC=CC(NC(=O)CCc3nncs3)C2)cc1C. The van der Waals surface area contributed by atoms with E-state index in [1.54, 1.807) is 10.4 Å². The number of benzene rings is 1. The Balaban J connectivity index is 1.50. The highest BCUT2D eigenvalue weighted by Gasteiger charge is 2.21. The molecule has 0 bridgehead atoms. The molecular weight excluding hydrogens is 360 g/mol. The summed E-state index contributed by atoms with van der Waals surface area (Å²) in [6, 6.07) is 5.98. The molecule has 1 aromatic carbocycles. The zero-order valence-electron chi connectivity index (χ0n) is 15.6. The van der Waals surface area contributed by atoms with Gasteiger partial charge in [-0.15, -0.1) is 21.5 Å². The van der Waals surface area contributed by atoms with Crippen molar-refractivity contribution in [2.45, 2.75) is 39.2 Å². The number of aryl methyl sites for hydroxylation is 3. The van der Waals surface area contributed by atoms with Gasteiger partial charge in [0.15, 0.2) is 0 Å². The first-order valence-electron chi connectivity index (χ1n) is 9.06. The van der Waals surface area contributed by atoms with Crippen molar-refractivity contribution in [1.82, 2.24) is 20.4 Å². The first kappa shape index (κ1) is 19.2. The number of carbonyl (C=O) groups excluding carboxylic acids is 2. The highest BCUT2D eigenvalue weighted by Crippen LogP contribution is 2.13. The quantitative estimate of drug-likeness (QED) is 0.775. The van der Waals surface area contributed by atoms with Crippen LogP contribution >= 0.6 is 11.3 Å². The van der Waals surface area contributed by atoms with Crippen molar-refractivity contribution in [3.63, 3.8) is 0 Å². The van der Waals surface area contributed by atoms with E-state index in [4.69, 9.17) is 0 Å². The lowest BCUT2D eigenvalue weighted by atomic mass is 10.0. The van der Waals surface area contributed by atoms with Crippen molar-refractivity contribution < 1.29 is 9.59 Å². The highest BCUT2D eigenvalue weighted by atomic mass is 32.1. The summed E-state index contributed by atoms with van der Waals surface area (Å²) in [7, 11) is 0. The molecule has 0 saturated heterocycles. The Morgan fingerprint density at radius 1 is 1.30 bits per heavy atom. The molecular formula is C20H24N4O2S. The molecule has 0 aliphatic carbocycles. The fourth-order valence-electron chi connectivity index (χ4n) is 3.03. The molecule has 0 spiro atoms. The molecule has 6 nitrogen and oxygen atoms in total. The Morgan fingerprint density at radius 3 is 2.89 bits per heavy atom. The number of aromatic nitrogens is 2. The molecule has 0 fully saturated rings. The third kappa shape index (κ3) is 5.47. The molecule has 1 N–H and O–H groups in total. The smallest absolute Gasteiger partial charge is 0.227 e. The first-order valence-corrected chi connectivity index (χ1v) is 9.94. The summed E-state index contributed by atoms with van der Waals surface area (Å²) < 4.78 is 0. The standard InChI is InChI=1S/C20H24N4O2S/c1-14-5-6-16(10-15(14)2)11-20(26)24-9-3-4-17(12-24)22-18(25)7-8-19-23-21-13-27-19/h3-6,10,13,17H,7-9,11-12H2,1-2H3,(H,22,25). The second-order valence-corrected chi connectivity index (χ2v) is 7.75. The van der Waals surface area contributed by atoms with Gasteiger partial charge in [-0.2, -0.15) is 0 Å². The van der Waals surface area contributed by atoms with Gasteiger partial charge in [0.25, 0.3) is 0 Å². The normalized spacial score (nSPS) is 16.4. The molecule has 2 aromatic rings. The van der Waals surface area contributed by atoms with E-state index in [-0.39, 0.29) is 17.9 Å². The van der Waals surface area contributed by atoms with Gasteiger partial charge in [0.2, 0.25) is 11.8 Å². The van der Waals surface area contributed by atoms with Gasteiger partial charge in [-0.3, -0.25) is 9.59 Å². The Bertz CT molecular complexity index is 833. The molecule has 3 rings (SSSR count). The van der Waals surface area contributed by atoms with Gasteiger partial charge in [0, 0.05) is 25.9 Å². The van der Waals surface area contributed by atoms with Gasteiger partial charge in [0.1, 0.15) is 10.5 Å². The summed E-state index contributed by atoms with van der Waals surface area (Å²) in [6.45, 7) is 5.21. The summed E-state index contributed by atoms with van der Waals surface area (Å²) in [4.78, 5) is 26.6. The van der Waals surface area contributed by atoms with Crippen LogP contribution in [0.1, 0.15) is 28.1 Å². The van der Waals surface area contributed by atoms with E-state index >= 15 is 0 Å². The maximum absolute atomic E-state index is 12.6. The minimum atomic E-state index is -0.149. The van der Waals surface area contributed by atoms with E-state index in [9.17, 15) is 9.59 Å². The van der Waals surface area contributed by atoms with Crippen LogP contribution in [0, 0.1) is 13.8 Å². The average Bonchev–Trinajstić information content (AvgIpc) is 3.17. The summed E-state index contributed by atoms with van der Waals surface area (Å²) in [5, 5.41) is 11.6. The fourth-order valence-corrected chi connectivity index (χ4v) is 3.56. The van der Waals surface area contributed by atoms with Crippen molar-refractivity contribution in [2.24, 2.45) is 0 Å². The van der Waals surface area contributed by atoms with Crippen LogP contribution in [-0.4, -0.2) is 46.0 Å². The zero-order chi connectivity index (χ0) is 19.2. The second kappa shape index (κ2) is 8.90. The van der Waals surface area contributed by atoms with Crippen molar-refractivity contribution in [2.75, 3.05) is 13.1 Å². The van der Waals surface area contributed by atoms with Crippen molar-refractivity contribution in [1.29, 1.82) is 0 Å². The monoisotopic (exact) mass is 384 g/mol. The molecule has 142 valence electrons. The molecule has 0 saturated carbocycles. The van der Waals surface area contributed by atoms with Crippen molar-refractivity contribution >= 4 is 23.2 Å². The summed E-state index contributed by atoms with van der Waals surface area (Å²) in [6.07, 6.45) is 5.24. The number of carbonyl (C=O) groups is 2. The molecule has 27 heavy (non-hydrogen) atoms. The van der Waals surface area contributed by atoms with E-state index in [0.29, 0.717) is 32.4 Å². The van der Waals surface area contributed by atoms with Gasteiger partial charge < -0.3 is 10.2 Å². The van der Waals surface area contributed by atoms with Crippen LogP contribution in [0.2, 0.25) is 0 Å². The van der Waals surface area contributed by atoms with Crippen LogP contribution in [0.3, 0.4) is 0 Å². The highest BCUT2D eigenvalue weighted by molar-refractivity contribution is 7.09. The second-order valence-electron chi connectivity index (χ2n) is 6.83. The Labute approximate surface area is 163 Å². The summed E-state index contributed by atoms with van der Waals surface area (Å²) in [5.41, 5.74) is 5.11. The molecule has 2 heterocycles. The van der Waals surface area contributed by atoms with E-state index in [1.165, 1.54) is 22.5 Å². The number of rotatable bonds is 6. The van der Waals surface area contributed by atoms with Crippen LogP contribution in [0.25, 0.3) is 0 Å². The maximum Gasteiger partial charge on any atom is 0.227 e. The topological polar surface area (TPSA) is 75.2 Å². The third-order valence-corrected chi connectivity index (χ3v) is 5.47. The Morgan fingerprint density at radius 2 is 2.15 bits per heavy atom. The first-order chi connectivity index (χ1) is 13.0. The Kier molecular flexibility index (Phi) is 6.34. The van der Waals surface area contributed by atoms with Crippen molar-refractivity contribution in [3.8, 4) is 0 Å². The lowest BCUT2D eigenvalue weighted by Gasteiger charge is -2.29. The van der Waals surface area contributed by atoms with E-state index in [2.05, 4.69) is 41.5 Å². The van der Waals surface area contributed by atoms with E-state index < -0.39 is 0 Å². The molecule has 2 amide bonds. The number of hydrogen-bond donors (Lipinski definition) is 1. The van der Waals surface area contributed by atoms with Crippen LogP contribution in [-0.2, 0) is 22.4 Å². The molecule has 1 aliphatic rings. The number of nitrogens with one attached hydrogen (secondary N) is 1. The molecule has 1 aliphatic heterocycles. The third-order valence-electron chi connectivity index (χ3n) is 4.71. The lowest BCUT2D eigenvalue weighted by molar-refractivity contribution is -0.131. The molecule has 1 atom stereocenters. The van der Waals surface area contributed by atoms with Gasteiger partial charge in [-0.25, -0.2) is 0 Å². The average molecular weight is 385 g/mol. The summed E-state index contributed by atoms with van der Waals surface area (Å²) >= 11 is 1.45. The van der Waals surface area contributed by atoms with Crippen molar-refractivity contribution in [3.05, 3.63) is 57.6 Å². The van der Waals surface area contributed by atoms with Crippen LogP contribution in [0.15, 0.2) is 35.9 Å². The fraction of sp³-hybridized carbons (Fsp3) is 0.400. The predicted molar refractivity (Wildman–Crippen MR) is 106 cm³/mol. The molecule has 7 heteroatoms. The summed E-state index contributed by atoms with van der Waals surface area (Å²) in [5.74, 6) is 0.0408. The van der Waals surface area contributed by atoms with Gasteiger partial charge in [-0.05, 0) is 30.5 Å². The van der Waals surface area contributed by atoms with E-state index in [1.807, 2.05) is 18.2 Å². The number of amides is 2. The van der Waals surface area contributed by atoms with Crippen LogP contribution < -0.4 is 5.32 Å². The van der Waals surface area contributed by atoms with Crippen LogP contribution in [0.5, 0.6) is 0 Å². The lowest BCUT2D eigenvalue weighted by Crippen LogP contribution is -2.47.